The lowest BCUT2D eigenvalue weighted by Gasteiger charge is -2.42. The first-order chi connectivity index (χ1) is 22.5. The maximum atomic E-state index is 14.0. The molecule has 4 heterocycles. The van der Waals surface area contributed by atoms with Gasteiger partial charge in [0.25, 0.3) is 5.56 Å². The van der Waals surface area contributed by atoms with Crippen LogP contribution in [0, 0.1) is 13.8 Å². The highest BCUT2D eigenvalue weighted by Crippen LogP contribution is 2.41. The number of pyridine rings is 1. The van der Waals surface area contributed by atoms with Crippen molar-refractivity contribution in [3.05, 3.63) is 73.4 Å². The van der Waals surface area contributed by atoms with Crippen molar-refractivity contribution in [3.63, 3.8) is 0 Å². The van der Waals surface area contributed by atoms with E-state index in [0.29, 0.717) is 46.4 Å². The fraction of sp³-hybridized carbons (Fsp3) is 0.500. The van der Waals surface area contributed by atoms with Gasteiger partial charge in [0.05, 0.1) is 40.2 Å². The third kappa shape index (κ3) is 6.84. The number of carbonyl (C=O) groups excluding carboxylic acids is 1. The summed E-state index contributed by atoms with van der Waals surface area (Å²) in [5.41, 5.74) is 5.27. The number of aromatic nitrogens is 3. The lowest BCUT2D eigenvalue weighted by Crippen LogP contribution is -2.48. The summed E-state index contributed by atoms with van der Waals surface area (Å²) in [6.45, 7) is 12.2. The summed E-state index contributed by atoms with van der Waals surface area (Å²) in [5.74, 6) is 1.03. The second-order valence-corrected chi connectivity index (χ2v) is 14.2. The Kier molecular flexibility index (Phi) is 10.0. The summed E-state index contributed by atoms with van der Waals surface area (Å²) in [5, 5.41) is 2.36. The van der Waals surface area contributed by atoms with Gasteiger partial charge in [-0.25, -0.2) is 9.78 Å². The van der Waals surface area contributed by atoms with Crippen molar-refractivity contribution in [3.8, 4) is 16.9 Å². The average Bonchev–Trinajstić information content (AvgIpc) is 3.46. The van der Waals surface area contributed by atoms with Crippen LogP contribution in [-0.4, -0.2) is 70.5 Å². The lowest BCUT2D eigenvalue weighted by molar-refractivity contribution is 0.0205. The maximum Gasteiger partial charge on any atom is 0.341 e. The van der Waals surface area contributed by atoms with Gasteiger partial charge in [-0.15, -0.1) is 11.3 Å². The van der Waals surface area contributed by atoms with Gasteiger partial charge in [0.15, 0.2) is 0 Å². The molecule has 0 N–H and O–H groups in total. The van der Waals surface area contributed by atoms with Gasteiger partial charge in [0, 0.05) is 64.9 Å². The summed E-state index contributed by atoms with van der Waals surface area (Å²) < 4.78 is 20.0. The van der Waals surface area contributed by atoms with Crippen LogP contribution in [0.4, 0.5) is 0 Å². The summed E-state index contributed by atoms with van der Waals surface area (Å²) >= 11 is 7.94. The Labute approximate surface area is 284 Å². The minimum absolute atomic E-state index is 0.0299. The average molecular weight is 679 g/mol. The van der Waals surface area contributed by atoms with Gasteiger partial charge < -0.3 is 14.2 Å². The zero-order valence-corrected chi connectivity index (χ0v) is 29.5. The van der Waals surface area contributed by atoms with E-state index < -0.39 is 5.97 Å². The van der Waals surface area contributed by atoms with E-state index in [1.54, 1.807) is 23.1 Å². The molecule has 4 aromatic rings. The molecule has 0 amide bonds. The molecule has 2 aliphatic rings. The molecule has 0 radical (unpaired) electrons. The van der Waals surface area contributed by atoms with Crippen molar-refractivity contribution in [1.82, 2.24) is 19.4 Å². The molecule has 2 atom stereocenters. The van der Waals surface area contributed by atoms with Crippen molar-refractivity contribution in [2.75, 3.05) is 26.8 Å². The first-order valence-electron chi connectivity index (χ1n) is 16.4. The van der Waals surface area contributed by atoms with E-state index in [-0.39, 0.29) is 24.2 Å². The number of hydrogen-bond donors (Lipinski definition) is 0. The van der Waals surface area contributed by atoms with Crippen molar-refractivity contribution < 1.29 is 19.0 Å². The summed E-state index contributed by atoms with van der Waals surface area (Å²) in [6.07, 6.45) is 3.96. The lowest BCUT2D eigenvalue weighted by atomic mass is 9.81. The summed E-state index contributed by atoms with van der Waals surface area (Å²) in [7, 11) is 1.79. The molecule has 1 fully saturated rings. The minimum Gasteiger partial charge on any atom is -0.491 e. The van der Waals surface area contributed by atoms with Crippen LogP contribution in [-0.2, 0) is 22.4 Å². The first-order valence-corrected chi connectivity index (χ1v) is 17.7. The molecular weight excluding hydrogens is 636 g/mol. The third-order valence-corrected chi connectivity index (χ3v) is 10.7. The Hall–Kier alpha value is -3.31. The monoisotopic (exact) mass is 678 g/mol. The van der Waals surface area contributed by atoms with Gasteiger partial charge in [-0.2, -0.15) is 0 Å². The number of esters is 1. The smallest absolute Gasteiger partial charge is 0.341 e. The van der Waals surface area contributed by atoms with Crippen molar-refractivity contribution >= 4 is 39.1 Å². The van der Waals surface area contributed by atoms with Crippen LogP contribution >= 0.6 is 22.9 Å². The highest BCUT2D eigenvalue weighted by molar-refractivity contribution is 7.18. The van der Waals surface area contributed by atoms with Gasteiger partial charge in [-0.1, -0.05) is 18.5 Å². The minimum atomic E-state index is -0.395. The number of fused-ring (bicyclic) bond motifs is 2. The number of piperidine rings is 1. The molecule has 250 valence electrons. The fourth-order valence-electron chi connectivity index (χ4n) is 7.16. The molecule has 0 bridgehead atoms. The van der Waals surface area contributed by atoms with E-state index in [1.807, 2.05) is 45.9 Å². The van der Waals surface area contributed by atoms with Gasteiger partial charge in [-0.3, -0.25) is 19.2 Å². The number of hydrogen-bond acceptors (Lipinski definition) is 9. The van der Waals surface area contributed by atoms with Crippen molar-refractivity contribution in [2.45, 2.75) is 91.0 Å². The van der Waals surface area contributed by atoms with E-state index in [9.17, 15) is 9.59 Å². The van der Waals surface area contributed by atoms with Gasteiger partial charge in [0.1, 0.15) is 18.2 Å². The highest BCUT2D eigenvalue weighted by atomic mass is 35.5. The Bertz CT molecular complexity index is 1850. The number of halogens is 1. The van der Waals surface area contributed by atoms with Crippen LogP contribution in [0.5, 0.6) is 5.75 Å². The van der Waals surface area contributed by atoms with Crippen molar-refractivity contribution in [1.29, 1.82) is 0 Å². The topological polar surface area (TPSA) is 95.8 Å². The number of ether oxygens (including phenoxy) is 3. The number of carbonyl (C=O) groups is 1. The molecule has 6 rings (SSSR count). The molecular formula is C36H43ClN4O5S. The van der Waals surface area contributed by atoms with Crippen LogP contribution in [0.1, 0.15) is 79.1 Å². The molecule has 0 spiro atoms. The molecule has 9 nitrogen and oxygen atoms in total. The number of rotatable bonds is 9. The van der Waals surface area contributed by atoms with Crippen LogP contribution in [0.2, 0.25) is 5.02 Å². The maximum absolute atomic E-state index is 14.0. The second kappa shape index (κ2) is 14.0. The molecule has 0 saturated carbocycles. The number of nitrogens with zero attached hydrogens (tertiary/aromatic N) is 4. The molecule has 3 aromatic heterocycles. The summed E-state index contributed by atoms with van der Waals surface area (Å²) in [4.78, 5) is 39.0. The number of likely N-dealkylation sites (tertiary alicyclic amines) is 1. The largest absolute Gasteiger partial charge is 0.491 e. The number of methoxy groups -OCH3 is 1. The van der Waals surface area contributed by atoms with Crippen LogP contribution in [0.3, 0.4) is 0 Å². The van der Waals surface area contributed by atoms with Gasteiger partial charge in [-0.05, 0) is 77.6 Å². The first kappa shape index (κ1) is 33.6. The number of aryl methyl sites for hydroxylation is 3. The molecule has 1 saturated heterocycles. The SMILES string of the molecule is COC1CCN(C2CCc3nc(C)n(CCOc4ccc(Cl)cc4-c4cc(C)nc5c(C(=O)OC(C)C)csc45)c(=O)c3C2C)CC1. The predicted octanol–water partition coefficient (Wildman–Crippen LogP) is 6.96. The molecule has 47 heavy (non-hydrogen) atoms. The molecule has 11 heteroatoms. The molecule has 2 unspecified atom stereocenters. The van der Waals surface area contributed by atoms with Crippen LogP contribution in [0.25, 0.3) is 21.3 Å². The Morgan fingerprint density at radius 3 is 2.60 bits per heavy atom. The highest BCUT2D eigenvalue weighted by Gasteiger charge is 2.36. The van der Waals surface area contributed by atoms with Gasteiger partial charge >= 0.3 is 5.97 Å². The Morgan fingerprint density at radius 1 is 1.11 bits per heavy atom. The van der Waals surface area contributed by atoms with E-state index >= 15 is 0 Å². The normalized spacial score (nSPS) is 18.9. The molecule has 1 aromatic carbocycles. The third-order valence-electron chi connectivity index (χ3n) is 9.48. The number of benzene rings is 1. The predicted molar refractivity (Wildman–Crippen MR) is 186 cm³/mol. The zero-order valence-electron chi connectivity index (χ0n) is 28.0. The standard InChI is InChI=1S/C36H43ClN4O5S/c1-20(2)46-36(43)28-19-47-34-27(17-21(3)38-33(28)34)26-18-24(37)7-10-31(26)45-16-15-41-23(5)39-29-8-9-30(22(4)32(29)35(41)42)40-13-11-25(44-6)12-14-40/h7,10,17-20,22,25,30H,8-9,11-16H2,1-6H3. The quantitative estimate of drug-likeness (QED) is 0.175. The van der Waals surface area contributed by atoms with E-state index in [0.717, 1.165) is 71.6 Å². The zero-order chi connectivity index (χ0) is 33.4. The Morgan fingerprint density at radius 2 is 1.87 bits per heavy atom. The Balaban J connectivity index is 1.24. The summed E-state index contributed by atoms with van der Waals surface area (Å²) in [6, 6.07) is 7.81. The van der Waals surface area contributed by atoms with Crippen LogP contribution < -0.4 is 10.3 Å². The second-order valence-electron chi connectivity index (χ2n) is 12.9. The van der Waals surface area contributed by atoms with E-state index in [2.05, 4.69) is 16.8 Å². The number of thiophene rings is 1. The van der Waals surface area contributed by atoms with E-state index in [1.165, 1.54) is 11.3 Å². The molecule has 1 aliphatic carbocycles. The fourth-order valence-corrected chi connectivity index (χ4v) is 8.34. The van der Waals surface area contributed by atoms with E-state index in [4.69, 9.17) is 30.8 Å². The molecule has 1 aliphatic heterocycles. The van der Waals surface area contributed by atoms with Crippen LogP contribution in [0.15, 0.2) is 34.4 Å². The van der Waals surface area contributed by atoms with Crippen molar-refractivity contribution in [2.24, 2.45) is 0 Å². The van der Waals surface area contributed by atoms with Gasteiger partial charge in [0.2, 0.25) is 0 Å².